The lowest BCUT2D eigenvalue weighted by atomic mass is 9.95. The molecule has 2 aliphatic heterocycles. The molecule has 0 N–H and O–H groups in total. The number of hydrogen-bond donors (Lipinski definition) is 0. The normalized spacial score (nSPS) is 23.3. The Morgan fingerprint density at radius 1 is 0.853 bits per heavy atom. The standard InChI is InChI=1S/C25H38N4O4S/c1-20-10-12-21(13-11-20)24(30)28-14-6-7-22(19-28)25(31)27-15-17-29(18-16-27)34(32,33)26(2)23-8-4-3-5-9-23/h10-13,22-23H,3-9,14-19H2,1-2H3. The summed E-state index contributed by atoms with van der Waals surface area (Å²) < 4.78 is 29.4. The van der Waals surface area contributed by atoms with Crippen LogP contribution in [-0.2, 0) is 15.0 Å². The quantitative estimate of drug-likeness (QED) is 0.635. The van der Waals surface area contributed by atoms with Crippen LogP contribution < -0.4 is 0 Å². The summed E-state index contributed by atoms with van der Waals surface area (Å²) in [4.78, 5) is 29.8. The van der Waals surface area contributed by atoms with Crippen molar-refractivity contribution < 1.29 is 18.0 Å². The number of carbonyl (C=O) groups is 2. The molecule has 2 amide bonds. The first-order valence-electron chi connectivity index (χ1n) is 12.6. The number of piperazine rings is 1. The third-order valence-electron chi connectivity index (χ3n) is 7.69. The molecular formula is C25H38N4O4S. The first-order chi connectivity index (χ1) is 16.3. The summed E-state index contributed by atoms with van der Waals surface area (Å²) in [6, 6.07) is 7.62. The zero-order valence-corrected chi connectivity index (χ0v) is 21.3. The minimum Gasteiger partial charge on any atom is -0.340 e. The highest BCUT2D eigenvalue weighted by Gasteiger charge is 2.37. The van der Waals surface area contributed by atoms with E-state index in [-0.39, 0.29) is 23.8 Å². The summed E-state index contributed by atoms with van der Waals surface area (Å²) in [6.07, 6.45) is 6.75. The minimum atomic E-state index is -3.51. The van der Waals surface area contributed by atoms with Crippen LogP contribution in [0.2, 0.25) is 0 Å². The van der Waals surface area contributed by atoms with Crippen molar-refractivity contribution in [1.29, 1.82) is 0 Å². The summed E-state index contributed by atoms with van der Waals surface area (Å²) in [5, 5.41) is 0. The van der Waals surface area contributed by atoms with Gasteiger partial charge in [-0.1, -0.05) is 37.0 Å². The number of likely N-dealkylation sites (tertiary alicyclic amines) is 1. The Morgan fingerprint density at radius 2 is 1.50 bits per heavy atom. The minimum absolute atomic E-state index is 0.0286. The van der Waals surface area contributed by atoms with Crippen LogP contribution in [0.25, 0.3) is 0 Å². The molecule has 1 atom stereocenters. The molecule has 3 aliphatic rings. The van der Waals surface area contributed by atoms with Crippen molar-refractivity contribution in [2.75, 3.05) is 46.3 Å². The SMILES string of the molecule is Cc1ccc(C(=O)N2CCCC(C(=O)N3CCN(S(=O)(=O)N(C)C4CCCCC4)CC3)C2)cc1. The monoisotopic (exact) mass is 490 g/mol. The van der Waals surface area contributed by atoms with Crippen molar-refractivity contribution in [3.63, 3.8) is 0 Å². The van der Waals surface area contributed by atoms with Crippen molar-refractivity contribution in [2.24, 2.45) is 5.92 Å². The number of amides is 2. The molecule has 0 bridgehead atoms. The van der Waals surface area contributed by atoms with Gasteiger partial charge in [0.05, 0.1) is 5.92 Å². The van der Waals surface area contributed by atoms with Crippen LogP contribution in [0.5, 0.6) is 0 Å². The second-order valence-corrected chi connectivity index (χ2v) is 12.0. The summed E-state index contributed by atoms with van der Waals surface area (Å²) in [6.45, 7) is 4.53. The van der Waals surface area contributed by atoms with Crippen LogP contribution in [0.3, 0.4) is 0 Å². The van der Waals surface area contributed by atoms with Gasteiger partial charge in [-0.15, -0.1) is 0 Å². The molecule has 1 unspecified atom stereocenters. The van der Waals surface area contributed by atoms with E-state index in [2.05, 4.69) is 0 Å². The number of nitrogens with zero attached hydrogens (tertiary/aromatic N) is 4. The fourth-order valence-corrected chi connectivity index (χ4v) is 7.03. The first kappa shape index (κ1) is 25.1. The lowest BCUT2D eigenvalue weighted by Gasteiger charge is -2.40. The Balaban J connectivity index is 1.32. The van der Waals surface area contributed by atoms with Gasteiger partial charge in [0.25, 0.3) is 16.1 Å². The summed E-state index contributed by atoms with van der Waals surface area (Å²) in [5.74, 6) is -0.213. The molecule has 8 nitrogen and oxygen atoms in total. The van der Waals surface area contributed by atoms with E-state index in [4.69, 9.17) is 0 Å². The van der Waals surface area contributed by atoms with Crippen molar-refractivity contribution >= 4 is 22.0 Å². The predicted octanol–water partition coefficient (Wildman–Crippen LogP) is 2.50. The van der Waals surface area contributed by atoms with Crippen molar-refractivity contribution in [1.82, 2.24) is 18.4 Å². The van der Waals surface area contributed by atoms with Crippen LogP contribution >= 0.6 is 0 Å². The van der Waals surface area contributed by atoms with Crippen LogP contribution in [0.4, 0.5) is 0 Å². The van der Waals surface area contributed by atoms with Gasteiger partial charge < -0.3 is 9.80 Å². The molecule has 188 valence electrons. The fraction of sp³-hybridized carbons (Fsp3) is 0.680. The molecular weight excluding hydrogens is 452 g/mol. The van der Waals surface area contributed by atoms with Gasteiger partial charge >= 0.3 is 0 Å². The van der Waals surface area contributed by atoms with E-state index >= 15 is 0 Å². The van der Waals surface area contributed by atoms with E-state index < -0.39 is 10.2 Å². The molecule has 1 saturated carbocycles. The molecule has 34 heavy (non-hydrogen) atoms. The van der Waals surface area contributed by atoms with Gasteiger partial charge in [0.2, 0.25) is 5.91 Å². The smallest absolute Gasteiger partial charge is 0.282 e. The van der Waals surface area contributed by atoms with E-state index in [1.807, 2.05) is 31.2 Å². The van der Waals surface area contributed by atoms with Crippen LogP contribution in [0.15, 0.2) is 24.3 Å². The van der Waals surface area contributed by atoms with Crippen LogP contribution in [-0.4, -0.2) is 91.0 Å². The molecule has 4 rings (SSSR count). The highest BCUT2D eigenvalue weighted by Crippen LogP contribution is 2.26. The van der Waals surface area contributed by atoms with Crippen molar-refractivity contribution in [3.8, 4) is 0 Å². The van der Waals surface area contributed by atoms with Gasteiger partial charge in [-0.25, -0.2) is 0 Å². The molecule has 2 saturated heterocycles. The summed E-state index contributed by atoms with van der Waals surface area (Å²) >= 11 is 0. The topological polar surface area (TPSA) is 81.2 Å². The van der Waals surface area contributed by atoms with Gasteiger partial charge in [0.1, 0.15) is 0 Å². The highest BCUT2D eigenvalue weighted by atomic mass is 32.2. The lowest BCUT2D eigenvalue weighted by molar-refractivity contribution is -0.138. The van der Waals surface area contributed by atoms with Gasteiger partial charge in [-0.05, 0) is 44.7 Å². The Morgan fingerprint density at radius 3 is 2.15 bits per heavy atom. The molecule has 1 aliphatic carbocycles. The molecule has 1 aromatic rings. The number of aryl methyl sites for hydroxylation is 1. The van der Waals surface area contributed by atoms with Gasteiger partial charge in [0.15, 0.2) is 0 Å². The molecule has 2 heterocycles. The van der Waals surface area contributed by atoms with E-state index in [0.717, 1.165) is 44.1 Å². The van der Waals surface area contributed by atoms with E-state index in [1.165, 1.54) is 10.7 Å². The predicted molar refractivity (Wildman–Crippen MR) is 132 cm³/mol. The van der Waals surface area contributed by atoms with Crippen molar-refractivity contribution in [2.45, 2.75) is 57.9 Å². The lowest BCUT2D eigenvalue weighted by Crippen LogP contribution is -2.57. The molecule has 3 fully saturated rings. The molecule has 0 aromatic heterocycles. The highest BCUT2D eigenvalue weighted by molar-refractivity contribution is 7.86. The summed E-state index contributed by atoms with van der Waals surface area (Å²) in [7, 11) is -1.81. The Labute approximate surface area is 204 Å². The Hall–Kier alpha value is -1.97. The Kier molecular flexibility index (Phi) is 7.94. The van der Waals surface area contributed by atoms with Crippen molar-refractivity contribution in [3.05, 3.63) is 35.4 Å². The molecule has 1 aromatic carbocycles. The maximum Gasteiger partial charge on any atom is 0.282 e. The first-order valence-corrected chi connectivity index (χ1v) is 14.0. The molecule has 0 spiro atoms. The second-order valence-electron chi connectivity index (χ2n) is 10.00. The molecule has 0 radical (unpaired) electrons. The fourth-order valence-electron chi connectivity index (χ4n) is 5.45. The number of carbonyl (C=O) groups excluding carboxylic acids is 2. The average molecular weight is 491 g/mol. The number of hydrogen-bond acceptors (Lipinski definition) is 4. The molecule has 9 heteroatoms. The number of rotatable bonds is 5. The maximum atomic E-state index is 13.2. The number of piperidine rings is 1. The van der Waals surface area contributed by atoms with Gasteiger partial charge in [-0.3, -0.25) is 9.59 Å². The largest absolute Gasteiger partial charge is 0.340 e. The average Bonchev–Trinajstić information content (AvgIpc) is 2.88. The zero-order valence-electron chi connectivity index (χ0n) is 20.5. The van der Waals surface area contributed by atoms with E-state index in [1.54, 1.807) is 21.2 Å². The third-order valence-corrected chi connectivity index (χ3v) is 9.73. The third kappa shape index (κ3) is 5.47. The zero-order chi connectivity index (χ0) is 24.3. The number of benzene rings is 1. The van der Waals surface area contributed by atoms with Crippen LogP contribution in [0, 0.1) is 12.8 Å². The summed E-state index contributed by atoms with van der Waals surface area (Å²) in [5.41, 5.74) is 1.76. The van der Waals surface area contributed by atoms with Crippen LogP contribution in [0.1, 0.15) is 60.9 Å². The van der Waals surface area contributed by atoms with E-state index in [0.29, 0.717) is 44.8 Å². The van der Waals surface area contributed by atoms with Gasteiger partial charge in [0, 0.05) is 57.9 Å². The second kappa shape index (κ2) is 10.7. The maximum absolute atomic E-state index is 13.2. The van der Waals surface area contributed by atoms with Gasteiger partial charge in [-0.2, -0.15) is 17.0 Å². The van der Waals surface area contributed by atoms with E-state index in [9.17, 15) is 18.0 Å². The Bertz CT molecular complexity index is 967.